The summed E-state index contributed by atoms with van der Waals surface area (Å²) in [5, 5.41) is 0. The monoisotopic (exact) mass is 254 g/mol. The minimum atomic E-state index is -0.555. The van der Waals surface area contributed by atoms with Crippen molar-refractivity contribution in [1.82, 2.24) is 0 Å². The summed E-state index contributed by atoms with van der Waals surface area (Å²) in [7, 11) is 0. The van der Waals surface area contributed by atoms with Crippen LogP contribution < -0.4 is 0 Å². The van der Waals surface area contributed by atoms with E-state index in [0.717, 1.165) is 11.1 Å². The van der Waals surface area contributed by atoms with Crippen LogP contribution >= 0.6 is 0 Å². The zero-order valence-corrected chi connectivity index (χ0v) is 11.2. The summed E-state index contributed by atoms with van der Waals surface area (Å²) in [6.07, 6.45) is -0.114. The van der Waals surface area contributed by atoms with Crippen LogP contribution in [0.3, 0.4) is 0 Å². The van der Waals surface area contributed by atoms with Gasteiger partial charge in [-0.15, -0.1) is 0 Å². The fourth-order valence-corrected chi connectivity index (χ4v) is 2.53. The number of hydrogen-bond donors (Lipinski definition) is 0. The Bertz CT molecular complexity index is 484. The topological polar surface area (TPSA) is 18.5 Å². The van der Waals surface area contributed by atoms with Crippen LogP contribution in [0, 0.1) is 0 Å². The molecule has 2 atom stereocenters. The number of ether oxygens (including phenoxy) is 2. The van der Waals surface area contributed by atoms with Crippen LogP contribution in [0.1, 0.15) is 37.2 Å². The Morgan fingerprint density at radius 2 is 1.05 bits per heavy atom. The molecule has 1 heterocycles. The maximum absolute atomic E-state index is 6.08. The first-order chi connectivity index (χ1) is 9.16. The Morgan fingerprint density at radius 1 is 0.684 bits per heavy atom. The number of rotatable bonds is 2. The SMILES string of the molecule is CC1(C)O[C@H](c2ccccc2)[C@@H](c2ccccc2)O1. The first-order valence-electron chi connectivity index (χ1n) is 6.61. The van der Waals surface area contributed by atoms with E-state index < -0.39 is 5.79 Å². The van der Waals surface area contributed by atoms with Crippen LogP contribution in [0.15, 0.2) is 60.7 Å². The Kier molecular flexibility index (Phi) is 3.13. The largest absolute Gasteiger partial charge is 0.339 e. The van der Waals surface area contributed by atoms with E-state index in [-0.39, 0.29) is 12.2 Å². The lowest BCUT2D eigenvalue weighted by Gasteiger charge is -2.17. The van der Waals surface area contributed by atoms with Gasteiger partial charge in [-0.1, -0.05) is 60.7 Å². The Hall–Kier alpha value is -1.64. The highest BCUT2D eigenvalue weighted by atomic mass is 16.7. The Morgan fingerprint density at radius 3 is 1.42 bits per heavy atom. The molecule has 19 heavy (non-hydrogen) atoms. The van der Waals surface area contributed by atoms with Crippen molar-refractivity contribution in [3.8, 4) is 0 Å². The minimum Gasteiger partial charge on any atom is -0.339 e. The summed E-state index contributed by atoms with van der Waals surface area (Å²) < 4.78 is 12.2. The summed E-state index contributed by atoms with van der Waals surface area (Å²) in [4.78, 5) is 0. The molecule has 3 rings (SSSR count). The molecule has 0 amide bonds. The van der Waals surface area contributed by atoms with Crippen molar-refractivity contribution >= 4 is 0 Å². The van der Waals surface area contributed by atoms with Crippen molar-refractivity contribution in [2.45, 2.75) is 31.8 Å². The average Bonchev–Trinajstić information content (AvgIpc) is 2.77. The van der Waals surface area contributed by atoms with Gasteiger partial charge in [0.1, 0.15) is 12.2 Å². The van der Waals surface area contributed by atoms with E-state index in [1.54, 1.807) is 0 Å². The molecule has 0 unspecified atom stereocenters. The van der Waals surface area contributed by atoms with E-state index in [9.17, 15) is 0 Å². The molecule has 98 valence electrons. The third-order valence-electron chi connectivity index (χ3n) is 3.35. The predicted octanol–water partition coefficient (Wildman–Crippen LogP) is 4.25. The third-order valence-corrected chi connectivity index (χ3v) is 3.35. The lowest BCUT2D eigenvalue weighted by atomic mass is 9.99. The van der Waals surface area contributed by atoms with Gasteiger partial charge >= 0.3 is 0 Å². The van der Waals surface area contributed by atoms with Gasteiger partial charge in [0.15, 0.2) is 5.79 Å². The lowest BCUT2D eigenvalue weighted by Crippen LogP contribution is -2.20. The standard InChI is InChI=1S/C17H18O2/c1-17(2)18-15(13-9-5-3-6-10-13)16(19-17)14-11-7-4-8-12-14/h3-12,15-16H,1-2H3/t15-,16-/m1/s1. The smallest absolute Gasteiger partial charge is 0.164 e. The quantitative estimate of drug-likeness (QED) is 0.797. The van der Waals surface area contributed by atoms with Gasteiger partial charge in [-0.25, -0.2) is 0 Å². The van der Waals surface area contributed by atoms with E-state index in [1.165, 1.54) is 0 Å². The molecule has 2 nitrogen and oxygen atoms in total. The van der Waals surface area contributed by atoms with Crippen molar-refractivity contribution in [3.63, 3.8) is 0 Å². The van der Waals surface area contributed by atoms with Gasteiger partial charge in [-0.05, 0) is 25.0 Å². The highest BCUT2D eigenvalue weighted by Crippen LogP contribution is 2.46. The van der Waals surface area contributed by atoms with Crippen molar-refractivity contribution in [2.24, 2.45) is 0 Å². The number of benzene rings is 2. The molecule has 1 saturated heterocycles. The van der Waals surface area contributed by atoms with E-state index >= 15 is 0 Å². The molecule has 2 aromatic rings. The van der Waals surface area contributed by atoms with Crippen LogP contribution in [0.4, 0.5) is 0 Å². The van der Waals surface area contributed by atoms with Gasteiger partial charge in [-0.2, -0.15) is 0 Å². The molecule has 1 fully saturated rings. The summed E-state index contributed by atoms with van der Waals surface area (Å²) in [5.41, 5.74) is 2.31. The van der Waals surface area contributed by atoms with E-state index in [2.05, 4.69) is 24.3 Å². The highest BCUT2D eigenvalue weighted by molar-refractivity contribution is 5.26. The maximum atomic E-state index is 6.08. The first-order valence-corrected chi connectivity index (χ1v) is 6.61. The maximum Gasteiger partial charge on any atom is 0.164 e. The summed E-state index contributed by atoms with van der Waals surface area (Å²) in [5.74, 6) is -0.555. The zero-order chi connectivity index (χ0) is 13.3. The average molecular weight is 254 g/mol. The molecule has 0 saturated carbocycles. The van der Waals surface area contributed by atoms with Gasteiger partial charge in [0.05, 0.1) is 0 Å². The molecule has 1 aliphatic heterocycles. The predicted molar refractivity (Wildman–Crippen MR) is 74.6 cm³/mol. The molecule has 0 spiro atoms. The van der Waals surface area contributed by atoms with Crippen LogP contribution in [0.2, 0.25) is 0 Å². The molecule has 0 aromatic heterocycles. The zero-order valence-electron chi connectivity index (χ0n) is 11.2. The second-order valence-electron chi connectivity index (χ2n) is 5.30. The molecule has 2 heteroatoms. The normalized spacial score (nSPS) is 25.4. The second kappa shape index (κ2) is 4.80. The molecular formula is C17H18O2. The molecule has 0 bridgehead atoms. The van der Waals surface area contributed by atoms with Crippen molar-refractivity contribution in [1.29, 1.82) is 0 Å². The van der Waals surface area contributed by atoms with Crippen LogP contribution in [-0.4, -0.2) is 5.79 Å². The van der Waals surface area contributed by atoms with E-state index in [0.29, 0.717) is 0 Å². The summed E-state index contributed by atoms with van der Waals surface area (Å²) >= 11 is 0. The molecule has 1 aliphatic rings. The minimum absolute atomic E-state index is 0.0569. The van der Waals surface area contributed by atoms with E-state index in [4.69, 9.17) is 9.47 Å². The number of hydrogen-bond acceptors (Lipinski definition) is 2. The Labute approximate surface area is 114 Å². The van der Waals surface area contributed by atoms with Gasteiger partial charge in [0, 0.05) is 0 Å². The summed E-state index contributed by atoms with van der Waals surface area (Å²) in [6.45, 7) is 3.93. The molecule has 2 aromatic carbocycles. The Balaban J connectivity index is 1.97. The second-order valence-corrected chi connectivity index (χ2v) is 5.30. The van der Waals surface area contributed by atoms with E-state index in [1.807, 2.05) is 50.2 Å². The lowest BCUT2D eigenvalue weighted by molar-refractivity contribution is -0.147. The highest BCUT2D eigenvalue weighted by Gasteiger charge is 2.42. The van der Waals surface area contributed by atoms with Crippen LogP contribution in [-0.2, 0) is 9.47 Å². The molecule has 0 N–H and O–H groups in total. The van der Waals surface area contributed by atoms with Crippen LogP contribution in [0.5, 0.6) is 0 Å². The van der Waals surface area contributed by atoms with Gasteiger partial charge < -0.3 is 9.47 Å². The summed E-state index contributed by atoms with van der Waals surface area (Å²) in [6, 6.07) is 20.5. The van der Waals surface area contributed by atoms with Crippen molar-refractivity contribution < 1.29 is 9.47 Å². The van der Waals surface area contributed by atoms with Crippen LogP contribution in [0.25, 0.3) is 0 Å². The first kappa shape index (κ1) is 12.4. The van der Waals surface area contributed by atoms with Gasteiger partial charge in [0.2, 0.25) is 0 Å². The molecule has 0 aliphatic carbocycles. The molecular weight excluding hydrogens is 236 g/mol. The van der Waals surface area contributed by atoms with Gasteiger partial charge in [0.25, 0.3) is 0 Å². The fraction of sp³-hybridized carbons (Fsp3) is 0.294. The molecule has 0 radical (unpaired) electrons. The third kappa shape index (κ3) is 2.55. The van der Waals surface area contributed by atoms with Crippen molar-refractivity contribution in [2.75, 3.05) is 0 Å². The fourth-order valence-electron chi connectivity index (χ4n) is 2.53. The van der Waals surface area contributed by atoms with Crippen molar-refractivity contribution in [3.05, 3.63) is 71.8 Å². The van der Waals surface area contributed by atoms with Gasteiger partial charge in [-0.3, -0.25) is 0 Å².